The summed E-state index contributed by atoms with van der Waals surface area (Å²) in [6.45, 7) is 3.71. The van der Waals surface area contributed by atoms with E-state index in [2.05, 4.69) is 0 Å². The number of hydrogen-bond acceptors (Lipinski definition) is 3. The minimum Gasteiger partial charge on any atom is -0.398 e. The van der Waals surface area contributed by atoms with Crippen molar-refractivity contribution in [1.82, 2.24) is 0 Å². The monoisotopic (exact) mass is 180 g/mol. The van der Waals surface area contributed by atoms with Gasteiger partial charge in [0.2, 0.25) is 0 Å². The molecule has 3 nitrogen and oxygen atoms in total. The van der Waals surface area contributed by atoms with Crippen LogP contribution in [0.25, 0.3) is 0 Å². The summed E-state index contributed by atoms with van der Waals surface area (Å²) >= 11 is 0. The van der Waals surface area contributed by atoms with Crippen LogP contribution < -0.4 is 11.5 Å². The van der Waals surface area contributed by atoms with Crippen LogP contribution in [-0.4, -0.2) is 11.1 Å². The highest BCUT2D eigenvalue weighted by Gasteiger charge is 2.14. The fraction of sp³-hybridized carbons (Fsp3) is 0.400. The highest BCUT2D eigenvalue weighted by Crippen LogP contribution is 2.23. The zero-order valence-corrected chi connectivity index (χ0v) is 7.99. The highest BCUT2D eigenvalue weighted by molar-refractivity contribution is 5.49. The minimum atomic E-state index is -0.681. The molecule has 1 aromatic carbocycles. The topological polar surface area (TPSA) is 72.3 Å². The standard InChI is InChI=1S/C10H16N2O/c1-6-3-4-9(12)8(5-6)10(13)7(2)11/h3-5,7,10,13H,11-12H2,1-2H3/t7-,10-/m1/s1. The Morgan fingerprint density at radius 2 is 2.00 bits per heavy atom. The van der Waals surface area contributed by atoms with E-state index in [0.29, 0.717) is 5.69 Å². The highest BCUT2D eigenvalue weighted by atomic mass is 16.3. The van der Waals surface area contributed by atoms with Crippen molar-refractivity contribution in [3.63, 3.8) is 0 Å². The zero-order valence-electron chi connectivity index (χ0n) is 7.99. The lowest BCUT2D eigenvalue weighted by molar-refractivity contribution is 0.154. The first kappa shape index (κ1) is 10.0. The summed E-state index contributed by atoms with van der Waals surface area (Å²) < 4.78 is 0. The van der Waals surface area contributed by atoms with Crippen molar-refractivity contribution < 1.29 is 5.11 Å². The summed E-state index contributed by atoms with van der Waals surface area (Å²) in [4.78, 5) is 0. The Labute approximate surface area is 78.4 Å². The number of benzene rings is 1. The van der Waals surface area contributed by atoms with Crippen LogP contribution in [-0.2, 0) is 0 Å². The molecule has 0 heterocycles. The van der Waals surface area contributed by atoms with E-state index in [9.17, 15) is 5.11 Å². The fourth-order valence-corrected chi connectivity index (χ4v) is 1.23. The molecule has 5 N–H and O–H groups in total. The Kier molecular flexibility index (Phi) is 2.90. The van der Waals surface area contributed by atoms with Gasteiger partial charge in [-0.25, -0.2) is 0 Å². The van der Waals surface area contributed by atoms with Crippen LogP contribution in [0.5, 0.6) is 0 Å². The SMILES string of the molecule is Cc1ccc(N)c([C@H](O)[C@@H](C)N)c1. The normalized spacial score (nSPS) is 15.4. The van der Waals surface area contributed by atoms with Gasteiger partial charge in [-0.1, -0.05) is 17.7 Å². The molecule has 0 saturated heterocycles. The van der Waals surface area contributed by atoms with Gasteiger partial charge in [-0.15, -0.1) is 0 Å². The average molecular weight is 180 g/mol. The zero-order chi connectivity index (χ0) is 10.0. The lowest BCUT2D eigenvalue weighted by atomic mass is 10.0. The van der Waals surface area contributed by atoms with Gasteiger partial charge in [-0.2, -0.15) is 0 Å². The first-order valence-electron chi connectivity index (χ1n) is 4.32. The van der Waals surface area contributed by atoms with Crippen LogP contribution in [0, 0.1) is 6.92 Å². The number of nitrogens with two attached hydrogens (primary N) is 2. The van der Waals surface area contributed by atoms with Gasteiger partial charge in [-0.05, 0) is 19.9 Å². The number of anilines is 1. The molecule has 0 fully saturated rings. The summed E-state index contributed by atoms with van der Waals surface area (Å²) in [5.74, 6) is 0. The van der Waals surface area contributed by atoms with Crippen molar-refractivity contribution in [2.24, 2.45) is 5.73 Å². The summed E-state index contributed by atoms with van der Waals surface area (Å²) in [5.41, 5.74) is 13.7. The molecule has 0 amide bonds. The molecule has 0 unspecified atom stereocenters. The molecule has 0 aliphatic rings. The van der Waals surface area contributed by atoms with E-state index in [4.69, 9.17) is 11.5 Å². The maximum atomic E-state index is 9.70. The molecular formula is C10H16N2O. The maximum Gasteiger partial charge on any atom is 0.0958 e. The Morgan fingerprint density at radius 1 is 1.38 bits per heavy atom. The van der Waals surface area contributed by atoms with E-state index < -0.39 is 6.10 Å². The van der Waals surface area contributed by atoms with Crippen LogP contribution in [0.15, 0.2) is 18.2 Å². The van der Waals surface area contributed by atoms with Crippen LogP contribution in [0.4, 0.5) is 5.69 Å². The summed E-state index contributed by atoms with van der Waals surface area (Å²) in [6, 6.07) is 5.26. The molecule has 3 heteroatoms. The van der Waals surface area contributed by atoms with Crippen LogP contribution in [0.3, 0.4) is 0 Å². The third kappa shape index (κ3) is 2.20. The van der Waals surface area contributed by atoms with Crippen molar-refractivity contribution in [3.05, 3.63) is 29.3 Å². The van der Waals surface area contributed by atoms with Gasteiger partial charge in [0.15, 0.2) is 0 Å². The Hall–Kier alpha value is -1.06. The van der Waals surface area contributed by atoms with Crippen molar-refractivity contribution >= 4 is 5.69 Å². The largest absolute Gasteiger partial charge is 0.398 e. The molecule has 2 atom stereocenters. The van der Waals surface area contributed by atoms with Gasteiger partial charge in [0.25, 0.3) is 0 Å². The molecular weight excluding hydrogens is 164 g/mol. The summed E-state index contributed by atoms with van der Waals surface area (Å²) in [6.07, 6.45) is -0.681. The predicted octanol–water partition coefficient (Wildman–Crippen LogP) is 0.958. The van der Waals surface area contributed by atoms with Crippen LogP contribution in [0.1, 0.15) is 24.2 Å². The number of aliphatic hydroxyl groups excluding tert-OH is 1. The summed E-state index contributed by atoms with van der Waals surface area (Å²) in [5, 5.41) is 9.70. The van der Waals surface area contributed by atoms with Gasteiger partial charge in [0.1, 0.15) is 0 Å². The molecule has 0 radical (unpaired) electrons. The lowest BCUT2D eigenvalue weighted by Gasteiger charge is -2.17. The first-order chi connectivity index (χ1) is 6.02. The molecule has 1 rings (SSSR count). The molecule has 0 aliphatic heterocycles. The molecule has 0 spiro atoms. The minimum absolute atomic E-state index is 0.302. The van der Waals surface area contributed by atoms with E-state index in [1.54, 1.807) is 13.0 Å². The number of nitrogen functional groups attached to an aromatic ring is 1. The number of aliphatic hydroxyl groups is 1. The van der Waals surface area contributed by atoms with Gasteiger partial charge in [0, 0.05) is 17.3 Å². The summed E-state index contributed by atoms with van der Waals surface area (Å²) in [7, 11) is 0. The van der Waals surface area contributed by atoms with Crippen molar-refractivity contribution in [2.75, 3.05) is 5.73 Å². The predicted molar refractivity (Wildman–Crippen MR) is 54.2 cm³/mol. The van der Waals surface area contributed by atoms with E-state index in [1.165, 1.54) is 0 Å². The molecule has 0 aromatic heterocycles. The Bertz CT molecular complexity index is 297. The molecule has 0 saturated carbocycles. The third-order valence-corrected chi connectivity index (χ3v) is 2.06. The Morgan fingerprint density at radius 3 is 2.54 bits per heavy atom. The van der Waals surface area contributed by atoms with Gasteiger partial charge in [0.05, 0.1) is 6.10 Å². The average Bonchev–Trinajstić information content (AvgIpc) is 2.08. The van der Waals surface area contributed by atoms with Crippen molar-refractivity contribution in [2.45, 2.75) is 26.0 Å². The van der Waals surface area contributed by atoms with Gasteiger partial charge < -0.3 is 16.6 Å². The van der Waals surface area contributed by atoms with E-state index in [-0.39, 0.29) is 6.04 Å². The quantitative estimate of drug-likeness (QED) is 0.593. The second kappa shape index (κ2) is 3.77. The van der Waals surface area contributed by atoms with Crippen molar-refractivity contribution in [3.8, 4) is 0 Å². The Balaban J connectivity index is 3.05. The number of hydrogen-bond donors (Lipinski definition) is 3. The van der Waals surface area contributed by atoms with E-state index in [0.717, 1.165) is 11.1 Å². The van der Waals surface area contributed by atoms with E-state index >= 15 is 0 Å². The molecule has 72 valence electrons. The molecule has 1 aromatic rings. The second-order valence-corrected chi connectivity index (χ2v) is 3.44. The smallest absolute Gasteiger partial charge is 0.0958 e. The van der Waals surface area contributed by atoms with E-state index in [1.807, 2.05) is 19.1 Å². The third-order valence-electron chi connectivity index (χ3n) is 2.06. The molecule has 0 aliphatic carbocycles. The van der Waals surface area contributed by atoms with Crippen LogP contribution in [0.2, 0.25) is 0 Å². The first-order valence-corrected chi connectivity index (χ1v) is 4.32. The molecule has 0 bridgehead atoms. The number of rotatable bonds is 2. The van der Waals surface area contributed by atoms with Gasteiger partial charge in [-0.3, -0.25) is 0 Å². The second-order valence-electron chi connectivity index (χ2n) is 3.44. The van der Waals surface area contributed by atoms with Crippen molar-refractivity contribution in [1.29, 1.82) is 0 Å². The fourth-order valence-electron chi connectivity index (χ4n) is 1.23. The maximum absolute atomic E-state index is 9.70. The number of aryl methyl sites for hydroxylation is 1. The lowest BCUT2D eigenvalue weighted by Crippen LogP contribution is -2.25. The van der Waals surface area contributed by atoms with Crippen LogP contribution >= 0.6 is 0 Å². The molecule has 13 heavy (non-hydrogen) atoms. The van der Waals surface area contributed by atoms with Gasteiger partial charge >= 0.3 is 0 Å².